The van der Waals surface area contributed by atoms with Gasteiger partial charge in [0, 0.05) is 37.9 Å². The van der Waals surface area contributed by atoms with Crippen LogP contribution in [0.5, 0.6) is 5.75 Å². The minimum absolute atomic E-state index is 0.0170. The van der Waals surface area contributed by atoms with Crippen molar-refractivity contribution in [3.8, 4) is 5.75 Å². The van der Waals surface area contributed by atoms with E-state index in [1.807, 2.05) is 30.3 Å². The van der Waals surface area contributed by atoms with Crippen molar-refractivity contribution < 1.29 is 9.53 Å². The minimum Gasteiger partial charge on any atom is -0.496 e. The number of benzene rings is 1. The molecule has 1 N–H and O–H groups in total. The lowest BCUT2D eigenvalue weighted by Gasteiger charge is -2.26. The van der Waals surface area contributed by atoms with Crippen LogP contribution < -0.4 is 4.74 Å². The number of H-pyrrole nitrogens is 1. The molecule has 0 radical (unpaired) electrons. The predicted octanol–water partition coefficient (Wildman–Crippen LogP) is 2.92. The molecule has 0 aliphatic heterocycles. The molecule has 0 aliphatic carbocycles. The molecule has 1 amide bonds. The monoisotopic (exact) mass is 315 g/mol. The average Bonchev–Trinajstić information content (AvgIpc) is 3.01. The van der Waals surface area contributed by atoms with Crippen LogP contribution in [-0.2, 0) is 6.54 Å². The second-order valence-corrected chi connectivity index (χ2v) is 5.93. The predicted molar refractivity (Wildman–Crippen MR) is 91.7 cm³/mol. The van der Waals surface area contributed by atoms with Gasteiger partial charge in [0.15, 0.2) is 0 Å². The quantitative estimate of drug-likeness (QED) is 0.891. The van der Waals surface area contributed by atoms with E-state index in [1.165, 1.54) is 0 Å². The molecule has 2 rings (SSSR count). The van der Waals surface area contributed by atoms with Gasteiger partial charge in [-0.25, -0.2) is 0 Å². The summed E-state index contributed by atoms with van der Waals surface area (Å²) in [6, 6.07) is 12.0. The van der Waals surface area contributed by atoms with Gasteiger partial charge in [0.2, 0.25) is 0 Å². The fourth-order valence-electron chi connectivity index (χ4n) is 2.55. The van der Waals surface area contributed by atoms with E-state index in [0.29, 0.717) is 5.69 Å². The second-order valence-electron chi connectivity index (χ2n) is 5.93. The van der Waals surface area contributed by atoms with Gasteiger partial charge in [0.1, 0.15) is 11.4 Å². The van der Waals surface area contributed by atoms with Gasteiger partial charge < -0.3 is 14.6 Å². The number of carbonyl (C=O) groups is 1. The van der Waals surface area contributed by atoms with Crippen molar-refractivity contribution in [1.29, 1.82) is 0 Å². The summed E-state index contributed by atoms with van der Waals surface area (Å²) in [7, 11) is 7.25. The van der Waals surface area contributed by atoms with Crippen LogP contribution in [0, 0.1) is 0 Å². The van der Waals surface area contributed by atoms with E-state index in [4.69, 9.17) is 4.74 Å². The largest absolute Gasteiger partial charge is 0.496 e. The lowest BCUT2D eigenvalue weighted by molar-refractivity contribution is 0.0822. The molecular formula is C18H25N3O2. The SMILES string of the molecule is COc1ccccc1[C@@H](C)N(C)Cc1ccc(C(=O)N(C)C)[nH]1. The highest BCUT2D eigenvalue weighted by Gasteiger charge is 2.17. The number of ether oxygens (including phenoxy) is 1. The molecule has 23 heavy (non-hydrogen) atoms. The molecule has 5 heteroatoms. The summed E-state index contributed by atoms with van der Waals surface area (Å²) >= 11 is 0. The van der Waals surface area contributed by atoms with Gasteiger partial charge >= 0.3 is 0 Å². The Morgan fingerprint density at radius 1 is 1.17 bits per heavy atom. The molecule has 0 aliphatic rings. The van der Waals surface area contributed by atoms with E-state index < -0.39 is 0 Å². The van der Waals surface area contributed by atoms with Crippen molar-refractivity contribution in [3.05, 3.63) is 53.3 Å². The first-order chi connectivity index (χ1) is 10.9. The molecule has 1 atom stereocenters. The molecule has 2 aromatic rings. The minimum atomic E-state index is -0.0170. The van der Waals surface area contributed by atoms with Crippen molar-refractivity contribution in [2.24, 2.45) is 0 Å². The van der Waals surface area contributed by atoms with E-state index in [0.717, 1.165) is 23.6 Å². The summed E-state index contributed by atoms with van der Waals surface area (Å²) < 4.78 is 5.44. The maximum atomic E-state index is 11.9. The number of aromatic amines is 1. The maximum Gasteiger partial charge on any atom is 0.269 e. The number of aromatic nitrogens is 1. The number of para-hydroxylation sites is 1. The van der Waals surface area contributed by atoms with E-state index in [2.05, 4.69) is 29.9 Å². The number of hydrogen-bond donors (Lipinski definition) is 1. The number of methoxy groups -OCH3 is 1. The van der Waals surface area contributed by atoms with E-state index in [9.17, 15) is 4.79 Å². The molecule has 1 heterocycles. The molecule has 0 bridgehead atoms. The Labute approximate surface area is 137 Å². The zero-order valence-corrected chi connectivity index (χ0v) is 14.5. The Kier molecular flexibility index (Phi) is 5.45. The van der Waals surface area contributed by atoms with Crippen molar-refractivity contribution in [3.63, 3.8) is 0 Å². The third kappa shape index (κ3) is 3.93. The highest BCUT2D eigenvalue weighted by Crippen LogP contribution is 2.28. The Hall–Kier alpha value is -2.27. The Morgan fingerprint density at radius 3 is 2.52 bits per heavy atom. The molecule has 0 saturated carbocycles. The summed E-state index contributed by atoms with van der Waals surface area (Å²) in [6.07, 6.45) is 0. The van der Waals surface area contributed by atoms with Gasteiger partial charge in [-0.05, 0) is 32.2 Å². The number of rotatable bonds is 6. The lowest BCUT2D eigenvalue weighted by atomic mass is 10.1. The summed E-state index contributed by atoms with van der Waals surface area (Å²) in [5.74, 6) is 0.874. The highest BCUT2D eigenvalue weighted by atomic mass is 16.5. The third-order valence-electron chi connectivity index (χ3n) is 4.05. The first kappa shape index (κ1) is 17.1. The molecule has 0 spiro atoms. The molecule has 124 valence electrons. The van der Waals surface area contributed by atoms with Crippen molar-refractivity contribution >= 4 is 5.91 Å². The molecule has 5 nitrogen and oxygen atoms in total. The molecule has 0 saturated heterocycles. The van der Waals surface area contributed by atoms with Crippen LogP contribution in [0.3, 0.4) is 0 Å². The van der Waals surface area contributed by atoms with Gasteiger partial charge in [0.25, 0.3) is 5.91 Å². The maximum absolute atomic E-state index is 11.9. The summed E-state index contributed by atoms with van der Waals surface area (Å²) in [5, 5.41) is 0. The Balaban J connectivity index is 2.09. The Bertz CT molecular complexity index is 664. The first-order valence-corrected chi connectivity index (χ1v) is 7.66. The van der Waals surface area contributed by atoms with Crippen LogP contribution in [0.2, 0.25) is 0 Å². The zero-order chi connectivity index (χ0) is 17.0. The van der Waals surface area contributed by atoms with Crippen LogP contribution >= 0.6 is 0 Å². The molecule has 0 fully saturated rings. The second kappa shape index (κ2) is 7.33. The lowest BCUT2D eigenvalue weighted by Crippen LogP contribution is -2.23. The summed E-state index contributed by atoms with van der Waals surface area (Å²) in [5.41, 5.74) is 2.77. The topological polar surface area (TPSA) is 48.6 Å². The fourth-order valence-corrected chi connectivity index (χ4v) is 2.55. The third-order valence-corrected chi connectivity index (χ3v) is 4.05. The number of carbonyl (C=O) groups excluding carboxylic acids is 1. The van der Waals surface area contributed by atoms with Gasteiger partial charge in [-0.1, -0.05) is 18.2 Å². The number of amides is 1. The van der Waals surface area contributed by atoms with E-state index in [1.54, 1.807) is 26.1 Å². The smallest absolute Gasteiger partial charge is 0.269 e. The van der Waals surface area contributed by atoms with E-state index >= 15 is 0 Å². The van der Waals surface area contributed by atoms with E-state index in [-0.39, 0.29) is 11.9 Å². The highest BCUT2D eigenvalue weighted by molar-refractivity contribution is 5.92. The van der Waals surface area contributed by atoms with Crippen molar-refractivity contribution in [2.45, 2.75) is 19.5 Å². The van der Waals surface area contributed by atoms with Crippen LogP contribution in [0.15, 0.2) is 36.4 Å². The van der Waals surface area contributed by atoms with Crippen LogP contribution in [0.4, 0.5) is 0 Å². The summed E-state index contributed by atoms with van der Waals surface area (Å²) in [6.45, 7) is 2.87. The zero-order valence-electron chi connectivity index (χ0n) is 14.5. The van der Waals surface area contributed by atoms with Gasteiger partial charge in [-0.15, -0.1) is 0 Å². The van der Waals surface area contributed by atoms with Crippen LogP contribution in [-0.4, -0.2) is 48.9 Å². The molecule has 1 aromatic carbocycles. The molecule has 0 unspecified atom stereocenters. The number of nitrogens with one attached hydrogen (secondary N) is 1. The normalized spacial score (nSPS) is 12.3. The Morgan fingerprint density at radius 2 is 1.87 bits per heavy atom. The first-order valence-electron chi connectivity index (χ1n) is 7.66. The van der Waals surface area contributed by atoms with Crippen molar-refractivity contribution in [1.82, 2.24) is 14.8 Å². The number of nitrogens with zero attached hydrogens (tertiary/aromatic N) is 2. The van der Waals surface area contributed by atoms with Crippen molar-refractivity contribution in [2.75, 3.05) is 28.3 Å². The van der Waals surface area contributed by atoms with Crippen LogP contribution in [0.1, 0.15) is 34.7 Å². The summed E-state index contributed by atoms with van der Waals surface area (Å²) in [4.78, 5) is 18.9. The fraction of sp³-hybridized carbons (Fsp3) is 0.389. The van der Waals surface area contributed by atoms with Gasteiger partial charge in [0.05, 0.1) is 7.11 Å². The molecular weight excluding hydrogens is 290 g/mol. The van der Waals surface area contributed by atoms with Gasteiger partial charge in [-0.3, -0.25) is 9.69 Å². The standard InChI is InChI=1S/C18H25N3O2/c1-13(15-8-6-7-9-17(15)23-5)21(4)12-14-10-11-16(19-14)18(22)20(2)3/h6-11,13,19H,12H2,1-5H3/t13-/m1/s1. The number of hydrogen-bond acceptors (Lipinski definition) is 3. The molecule has 1 aromatic heterocycles. The average molecular weight is 315 g/mol. The van der Waals surface area contributed by atoms with Crippen LogP contribution in [0.25, 0.3) is 0 Å². The van der Waals surface area contributed by atoms with Gasteiger partial charge in [-0.2, -0.15) is 0 Å².